The van der Waals surface area contributed by atoms with E-state index < -0.39 is 37.6 Å². The van der Waals surface area contributed by atoms with E-state index in [1.54, 1.807) is 0 Å². The summed E-state index contributed by atoms with van der Waals surface area (Å²) < 4.78 is 0. The van der Waals surface area contributed by atoms with E-state index in [-0.39, 0.29) is 23.9 Å². The van der Waals surface area contributed by atoms with Gasteiger partial charge in [-0.05, 0) is 0 Å². The van der Waals surface area contributed by atoms with Crippen LogP contribution in [-0.2, 0) is 0 Å². The van der Waals surface area contributed by atoms with Gasteiger partial charge in [0.1, 0.15) is 24.4 Å². The van der Waals surface area contributed by atoms with Crippen molar-refractivity contribution in [2.75, 3.05) is 13.2 Å². The predicted octanol–water partition coefficient (Wildman–Crippen LogP) is -3.97. The molecule has 0 fully saturated rings. The molecule has 0 bridgehead atoms. The van der Waals surface area contributed by atoms with Gasteiger partial charge in [0.15, 0.2) is 0 Å². The largest absolute Gasteiger partial charge is 0.394 e. The molecule has 0 aliphatic rings. The minimum absolute atomic E-state index is 0. The first-order chi connectivity index (χ1) is 5.54. The molecule has 78 valence electrons. The Labute approximate surface area is 92.4 Å². The quantitative estimate of drug-likeness (QED) is 0.288. The van der Waals surface area contributed by atoms with Gasteiger partial charge in [0.25, 0.3) is 0 Å². The van der Waals surface area contributed by atoms with Gasteiger partial charge in [0, 0.05) is 23.9 Å². The zero-order chi connectivity index (χ0) is 9.72. The van der Waals surface area contributed by atoms with Crippen molar-refractivity contribution in [2.45, 2.75) is 24.4 Å². The Hall–Kier alpha value is 0.559. The third-order valence-electron chi connectivity index (χ3n) is 1.51. The molecule has 0 unspecified atom stereocenters. The molecular weight excluding hydrogens is 287 g/mol. The summed E-state index contributed by atoms with van der Waals surface area (Å²) in [4.78, 5) is 0. The molecule has 0 saturated carbocycles. The van der Waals surface area contributed by atoms with Crippen molar-refractivity contribution < 1.29 is 30.6 Å². The first-order valence-corrected chi connectivity index (χ1v) is 3.48. The Morgan fingerprint density at radius 1 is 0.692 bits per heavy atom. The Bertz CT molecular complexity index is 110. The second-order valence-corrected chi connectivity index (χ2v) is 2.48. The number of aliphatic hydroxyl groups is 6. The summed E-state index contributed by atoms with van der Waals surface area (Å²) in [7, 11) is 0. The zero-order valence-electron chi connectivity index (χ0n) is 6.91. The molecule has 0 heterocycles. The van der Waals surface area contributed by atoms with Gasteiger partial charge in [-0.15, -0.1) is 0 Å². The van der Waals surface area contributed by atoms with Crippen molar-refractivity contribution in [2.24, 2.45) is 0 Å². The molecule has 0 aliphatic heterocycles. The number of hydrogen-bond donors (Lipinski definition) is 6. The first kappa shape index (κ1) is 16.0. The second kappa shape index (κ2) is 7.92. The van der Waals surface area contributed by atoms with Crippen LogP contribution in [0.5, 0.6) is 0 Å². The fourth-order valence-electron chi connectivity index (χ4n) is 0.671. The summed E-state index contributed by atoms with van der Waals surface area (Å²) in [5.41, 5.74) is 0. The maximum absolute atomic E-state index is 8.96. The standard InChI is InChI=1S/C6H14O6.Sn/c7-1-3(9)5(11)6(12)4(10)2-8;/h3-12H,1-2H2;/t3-,4-,5-,6+;/m1./s1. The molecule has 7 heteroatoms. The average Bonchev–Trinajstić information content (AvgIpc) is 2.12. The van der Waals surface area contributed by atoms with E-state index in [1.807, 2.05) is 0 Å². The SMILES string of the molecule is OC[C@@H](O)[C@H](O)[C@H](O)[C@H](O)CO.[Sn]. The Morgan fingerprint density at radius 2 is 0.923 bits per heavy atom. The van der Waals surface area contributed by atoms with E-state index >= 15 is 0 Å². The minimum Gasteiger partial charge on any atom is -0.394 e. The van der Waals surface area contributed by atoms with Crippen molar-refractivity contribution >= 4 is 23.9 Å². The van der Waals surface area contributed by atoms with Crippen LogP contribution in [0, 0.1) is 0 Å². The molecule has 0 aromatic rings. The molecule has 0 aromatic heterocycles. The van der Waals surface area contributed by atoms with E-state index in [1.165, 1.54) is 0 Å². The smallest absolute Gasteiger partial charge is 0.111 e. The molecule has 6 N–H and O–H groups in total. The van der Waals surface area contributed by atoms with Crippen molar-refractivity contribution in [3.63, 3.8) is 0 Å². The topological polar surface area (TPSA) is 121 Å². The summed E-state index contributed by atoms with van der Waals surface area (Å²) in [5.74, 6) is 0. The number of rotatable bonds is 5. The molecule has 0 amide bonds. The van der Waals surface area contributed by atoms with E-state index in [0.29, 0.717) is 0 Å². The first-order valence-electron chi connectivity index (χ1n) is 3.48. The molecule has 13 heavy (non-hydrogen) atoms. The van der Waals surface area contributed by atoms with Crippen molar-refractivity contribution in [1.29, 1.82) is 0 Å². The fourth-order valence-corrected chi connectivity index (χ4v) is 0.671. The van der Waals surface area contributed by atoms with E-state index in [2.05, 4.69) is 0 Å². The second-order valence-electron chi connectivity index (χ2n) is 2.48. The predicted molar refractivity (Wildman–Crippen MR) is 44.0 cm³/mol. The maximum atomic E-state index is 8.96. The van der Waals surface area contributed by atoms with Crippen LogP contribution in [0.1, 0.15) is 0 Å². The van der Waals surface area contributed by atoms with Gasteiger partial charge in [0.2, 0.25) is 0 Å². The van der Waals surface area contributed by atoms with E-state index in [4.69, 9.17) is 30.6 Å². The van der Waals surface area contributed by atoms with Crippen molar-refractivity contribution in [3.05, 3.63) is 0 Å². The van der Waals surface area contributed by atoms with Gasteiger partial charge >= 0.3 is 0 Å². The Kier molecular flexibility index (Phi) is 9.75. The summed E-state index contributed by atoms with van der Waals surface area (Å²) in [6, 6.07) is 0. The third kappa shape index (κ3) is 5.11. The van der Waals surface area contributed by atoms with Gasteiger partial charge < -0.3 is 30.6 Å². The van der Waals surface area contributed by atoms with Crippen molar-refractivity contribution in [1.82, 2.24) is 0 Å². The molecule has 0 spiro atoms. The summed E-state index contributed by atoms with van der Waals surface area (Å²) in [5, 5.41) is 52.2. The van der Waals surface area contributed by atoms with Crippen LogP contribution in [0.2, 0.25) is 0 Å². The van der Waals surface area contributed by atoms with Gasteiger partial charge in [-0.25, -0.2) is 0 Å². The molecule has 0 aliphatic carbocycles. The molecular formula is C6H14O6Sn. The number of hydrogen-bond acceptors (Lipinski definition) is 6. The maximum Gasteiger partial charge on any atom is 0.111 e. The molecule has 0 rings (SSSR count). The van der Waals surface area contributed by atoms with Crippen LogP contribution in [-0.4, -0.2) is 92.2 Å². The number of aliphatic hydroxyl groups excluding tert-OH is 6. The van der Waals surface area contributed by atoms with Gasteiger partial charge in [-0.1, -0.05) is 0 Å². The van der Waals surface area contributed by atoms with Crippen LogP contribution in [0.25, 0.3) is 0 Å². The molecule has 4 atom stereocenters. The summed E-state index contributed by atoms with van der Waals surface area (Å²) >= 11 is 0. The van der Waals surface area contributed by atoms with Crippen LogP contribution in [0.15, 0.2) is 0 Å². The average molecular weight is 301 g/mol. The van der Waals surface area contributed by atoms with Crippen LogP contribution in [0.4, 0.5) is 0 Å². The molecule has 6 nitrogen and oxygen atoms in total. The molecule has 0 aromatic carbocycles. The van der Waals surface area contributed by atoms with Gasteiger partial charge in [-0.2, -0.15) is 0 Å². The monoisotopic (exact) mass is 302 g/mol. The fraction of sp³-hybridized carbons (Fsp3) is 1.00. The molecule has 0 saturated heterocycles. The zero-order valence-corrected chi connectivity index (χ0v) is 9.76. The van der Waals surface area contributed by atoms with Crippen LogP contribution >= 0.6 is 0 Å². The minimum atomic E-state index is -1.67. The van der Waals surface area contributed by atoms with Gasteiger partial charge in [-0.3, -0.25) is 0 Å². The van der Waals surface area contributed by atoms with Crippen LogP contribution in [0.3, 0.4) is 0 Å². The Balaban J connectivity index is 0. The summed E-state index contributed by atoms with van der Waals surface area (Å²) in [6.07, 6.45) is -6.39. The Morgan fingerprint density at radius 3 is 1.08 bits per heavy atom. The van der Waals surface area contributed by atoms with Crippen molar-refractivity contribution in [3.8, 4) is 0 Å². The third-order valence-corrected chi connectivity index (χ3v) is 1.51. The normalized spacial score (nSPS) is 19.8. The van der Waals surface area contributed by atoms with E-state index in [0.717, 1.165) is 0 Å². The van der Waals surface area contributed by atoms with Gasteiger partial charge in [0.05, 0.1) is 13.2 Å². The van der Waals surface area contributed by atoms with Crippen LogP contribution < -0.4 is 0 Å². The molecule has 4 radical (unpaired) electrons. The summed E-state index contributed by atoms with van der Waals surface area (Å²) in [6.45, 7) is -1.45. The van der Waals surface area contributed by atoms with E-state index in [9.17, 15) is 0 Å².